The Hall–Kier alpha value is -3.26. The van der Waals surface area contributed by atoms with Crippen LogP contribution in [0.15, 0.2) is 97.6 Å². The first-order chi connectivity index (χ1) is 19.8. The van der Waals surface area contributed by atoms with Gasteiger partial charge < -0.3 is 9.80 Å². The first kappa shape index (κ1) is 29.7. The second-order valence-corrected chi connectivity index (χ2v) is 11.3. The maximum absolute atomic E-state index is 2.32. The summed E-state index contributed by atoms with van der Waals surface area (Å²) in [5.41, 5.74) is 2.55. The van der Waals surface area contributed by atoms with Crippen molar-refractivity contribution in [3.63, 3.8) is 0 Å². The minimum Gasteiger partial charge on any atom is -0.354 e. The molecule has 2 aromatic rings. The predicted octanol–water partition coefficient (Wildman–Crippen LogP) is 8.68. The third kappa shape index (κ3) is 9.44. The summed E-state index contributed by atoms with van der Waals surface area (Å²) in [5.74, 6) is 0. The van der Waals surface area contributed by atoms with Gasteiger partial charge in [0.2, 0.25) is 0 Å². The van der Waals surface area contributed by atoms with Gasteiger partial charge >= 0.3 is 0 Å². The van der Waals surface area contributed by atoms with Crippen LogP contribution in [-0.4, -0.2) is 22.9 Å². The van der Waals surface area contributed by atoms with E-state index in [1.807, 2.05) is 0 Å². The number of hydrogen-bond donors (Lipinski definition) is 0. The van der Waals surface area contributed by atoms with Crippen LogP contribution in [-0.2, 0) is 0 Å². The van der Waals surface area contributed by atoms with Gasteiger partial charge in [-0.2, -0.15) is 0 Å². The van der Waals surface area contributed by atoms with Crippen LogP contribution in [0.4, 0.5) is 0 Å². The van der Waals surface area contributed by atoms with Crippen LogP contribution >= 0.6 is 0 Å². The van der Waals surface area contributed by atoms with Crippen molar-refractivity contribution < 1.29 is 0 Å². The van der Waals surface area contributed by atoms with E-state index in [9.17, 15) is 0 Å². The monoisotopic (exact) mass is 534 g/mol. The van der Waals surface area contributed by atoms with E-state index in [1.165, 1.54) is 109 Å². The molecule has 2 aliphatic rings. The van der Waals surface area contributed by atoms with Crippen LogP contribution in [0.2, 0.25) is 0 Å². The molecule has 2 heteroatoms. The summed E-state index contributed by atoms with van der Waals surface area (Å²) < 4.78 is 0. The molecule has 0 saturated carbocycles. The lowest BCUT2D eigenvalue weighted by atomic mass is 10.1. The molecule has 0 aromatic heterocycles. The Morgan fingerprint density at radius 1 is 0.375 bits per heavy atom. The van der Waals surface area contributed by atoms with Crippen molar-refractivity contribution in [3.8, 4) is 0 Å². The standard InChI is InChI=1S/C38H50N2/c1-3-5-7-9-11-13-27-39-29-23-37(24-30-39)35-19-15-33(16-20-35)34-17-21-36(22-18-34)38-25-31-40(32-26-38)28-14-12-10-8-6-4-2/h15-26,29-32H,3-14,27-28H2,1-2H3. The van der Waals surface area contributed by atoms with Gasteiger partial charge in [0.05, 0.1) is 0 Å². The van der Waals surface area contributed by atoms with Crippen LogP contribution in [0.25, 0.3) is 11.1 Å². The second-order valence-electron chi connectivity index (χ2n) is 11.3. The molecule has 0 atom stereocenters. The fourth-order valence-corrected chi connectivity index (χ4v) is 5.46. The van der Waals surface area contributed by atoms with Gasteiger partial charge in [0.25, 0.3) is 0 Å². The van der Waals surface area contributed by atoms with Gasteiger partial charge in [0, 0.05) is 37.9 Å². The summed E-state index contributed by atoms with van der Waals surface area (Å²) >= 11 is 0. The third-order valence-corrected chi connectivity index (χ3v) is 8.09. The van der Waals surface area contributed by atoms with Gasteiger partial charge in [-0.25, -0.2) is 0 Å². The largest absolute Gasteiger partial charge is 0.354 e. The molecule has 0 aliphatic carbocycles. The Kier molecular flexibility index (Phi) is 12.4. The summed E-state index contributed by atoms with van der Waals surface area (Å²) in [6.07, 6.45) is 34.0. The van der Waals surface area contributed by atoms with E-state index >= 15 is 0 Å². The molecule has 4 rings (SSSR count). The summed E-state index contributed by atoms with van der Waals surface area (Å²) in [4.78, 5) is 4.64. The fraction of sp³-hybridized carbons (Fsp3) is 0.421. The first-order valence-corrected chi connectivity index (χ1v) is 16.0. The zero-order valence-electron chi connectivity index (χ0n) is 25.0. The minimum absolute atomic E-state index is 1.11. The SMILES string of the molecule is CCCCCCCCN1C=CC(=c2ccc(=c3ccc(=C4C=CN(CCCCCCCC)C=C4)cc3)cc2)C=C1. The lowest BCUT2D eigenvalue weighted by Crippen LogP contribution is -2.15. The Morgan fingerprint density at radius 3 is 1.02 bits per heavy atom. The van der Waals surface area contributed by atoms with Gasteiger partial charge in [-0.3, -0.25) is 0 Å². The van der Waals surface area contributed by atoms with Crippen LogP contribution in [0.5, 0.6) is 0 Å². The molecule has 0 saturated heterocycles. The van der Waals surface area contributed by atoms with Crippen molar-refractivity contribution >= 4 is 11.1 Å². The lowest BCUT2D eigenvalue weighted by Gasteiger charge is -2.18. The van der Waals surface area contributed by atoms with Crippen molar-refractivity contribution in [1.82, 2.24) is 9.80 Å². The van der Waals surface area contributed by atoms with E-state index in [4.69, 9.17) is 0 Å². The van der Waals surface area contributed by atoms with Crippen LogP contribution in [0, 0.1) is 10.4 Å². The number of unbranched alkanes of at least 4 members (excludes halogenated alkanes) is 10. The van der Waals surface area contributed by atoms with Crippen molar-refractivity contribution in [1.29, 1.82) is 0 Å². The van der Waals surface area contributed by atoms with Crippen LogP contribution in [0.1, 0.15) is 90.9 Å². The molecule has 2 nitrogen and oxygen atoms in total. The highest BCUT2D eigenvalue weighted by molar-refractivity contribution is 5.68. The third-order valence-electron chi connectivity index (χ3n) is 8.09. The Labute approximate surface area is 243 Å². The number of hydrogen-bond acceptors (Lipinski definition) is 2. The van der Waals surface area contributed by atoms with E-state index < -0.39 is 0 Å². The summed E-state index contributed by atoms with van der Waals surface area (Å²) in [6.45, 7) is 6.78. The number of rotatable bonds is 14. The number of allylic oxidation sites excluding steroid dienone is 4. The maximum atomic E-state index is 2.32. The Morgan fingerprint density at radius 2 is 0.675 bits per heavy atom. The van der Waals surface area contributed by atoms with Gasteiger partial charge in [-0.1, -0.05) is 127 Å². The van der Waals surface area contributed by atoms with Crippen LogP contribution < -0.4 is 10.4 Å². The fourth-order valence-electron chi connectivity index (χ4n) is 5.46. The average Bonchev–Trinajstić information content (AvgIpc) is 3.01. The van der Waals surface area contributed by atoms with Crippen molar-refractivity contribution in [2.75, 3.05) is 13.1 Å². The van der Waals surface area contributed by atoms with Gasteiger partial charge in [0.1, 0.15) is 0 Å². The molecule has 2 aliphatic heterocycles. The topological polar surface area (TPSA) is 6.48 Å². The summed E-state index contributed by atoms with van der Waals surface area (Å²) in [6, 6.07) is 18.0. The van der Waals surface area contributed by atoms with Gasteiger partial charge in [-0.15, -0.1) is 0 Å². The zero-order chi connectivity index (χ0) is 27.8. The lowest BCUT2D eigenvalue weighted by molar-refractivity contribution is 0.465. The molecule has 0 N–H and O–H groups in total. The molecular formula is C38H50N2. The molecule has 0 fully saturated rings. The summed E-state index contributed by atoms with van der Waals surface area (Å²) in [7, 11) is 0. The molecular weight excluding hydrogens is 484 g/mol. The normalized spacial score (nSPS) is 14.6. The highest BCUT2D eigenvalue weighted by Gasteiger charge is 2.03. The molecule has 212 valence electrons. The minimum atomic E-state index is 1.11. The average molecular weight is 535 g/mol. The smallest absolute Gasteiger partial charge is 0.0219 e. The molecule has 40 heavy (non-hydrogen) atoms. The molecule has 0 radical (unpaired) electrons. The first-order valence-electron chi connectivity index (χ1n) is 16.0. The molecule has 2 aromatic carbocycles. The molecule has 2 heterocycles. The quantitative estimate of drug-likeness (QED) is 0.224. The van der Waals surface area contributed by atoms with Crippen molar-refractivity contribution in [2.24, 2.45) is 0 Å². The van der Waals surface area contributed by atoms with E-state index in [2.05, 4.69) is 121 Å². The molecule has 0 bridgehead atoms. The van der Waals surface area contributed by atoms with Crippen LogP contribution in [0.3, 0.4) is 0 Å². The van der Waals surface area contributed by atoms with Gasteiger partial charge in [-0.05, 0) is 69.2 Å². The Bertz CT molecular complexity index is 1210. The number of nitrogens with zero attached hydrogens (tertiary/aromatic N) is 2. The Balaban J connectivity index is 1.33. The highest BCUT2D eigenvalue weighted by Crippen LogP contribution is 2.13. The van der Waals surface area contributed by atoms with E-state index in [0.29, 0.717) is 0 Å². The molecule has 0 amide bonds. The van der Waals surface area contributed by atoms with Crippen molar-refractivity contribution in [2.45, 2.75) is 90.9 Å². The van der Waals surface area contributed by atoms with E-state index in [0.717, 1.165) is 13.1 Å². The van der Waals surface area contributed by atoms with E-state index in [-0.39, 0.29) is 0 Å². The molecule has 0 spiro atoms. The molecule has 0 unspecified atom stereocenters. The number of benzene rings is 2. The highest BCUT2D eigenvalue weighted by atomic mass is 15.1. The van der Waals surface area contributed by atoms with Gasteiger partial charge in [0.15, 0.2) is 0 Å². The summed E-state index contributed by atoms with van der Waals surface area (Å²) in [5, 5.41) is 5.06. The second kappa shape index (κ2) is 16.8. The van der Waals surface area contributed by atoms with E-state index in [1.54, 1.807) is 0 Å². The predicted molar refractivity (Wildman–Crippen MR) is 173 cm³/mol. The zero-order valence-corrected chi connectivity index (χ0v) is 25.0. The van der Waals surface area contributed by atoms with Crippen molar-refractivity contribution in [3.05, 3.63) is 119 Å². The maximum Gasteiger partial charge on any atom is 0.0219 e.